The summed E-state index contributed by atoms with van der Waals surface area (Å²) in [5.74, 6) is 1.25. The first-order valence-corrected chi connectivity index (χ1v) is 6.57. The van der Waals surface area contributed by atoms with E-state index in [1.807, 2.05) is 6.92 Å². The summed E-state index contributed by atoms with van der Waals surface area (Å²) >= 11 is 3.16. The van der Waals surface area contributed by atoms with Crippen LogP contribution < -0.4 is 10.1 Å². The molecule has 1 aromatic carbocycles. The van der Waals surface area contributed by atoms with Crippen molar-refractivity contribution in [1.29, 1.82) is 0 Å². The van der Waals surface area contributed by atoms with Gasteiger partial charge in [-0.2, -0.15) is 0 Å². The van der Waals surface area contributed by atoms with Crippen LogP contribution in [0.3, 0.4) is 0 Å². The summed E-state index contributed by atoms with van der Waals surface area (Å²) in [7, 11) is 0. The van der Waals surface area contributed by atoms with Gasteiger partial charge in [0.15, 0.2) is 5.75 Å². The van der Waals surface area contributed by atoms with Gasteiger partial charge in [-0.25, -0.2) is 9.97 Å². The van der Waals surface area contributed by atoms with Gasteiger partial charge < -0.3 is 10.1 Å². The van der Waals surface area contributed by atoms with Crippen molar-refractivity contribution in [2.24, 2.45) is 0 Å². The molecule has 0 saturated carbocycles. The molecule has 20 heavy (non-hydrogen) atoms. The van der Waals surface area contributed by atoms with Crippen LogP contribution in [0.4, 0.5) is 11.5 Å². The summed E-state index contributed by atoms with van der Waals surface area (Å²) in [5, 5.41) is 13.9. The molecule has 0 amide bonds. The van der Waals surface area contributed by atoms with E-state index in [9.17, 15) is 10.1 Å². The molecule has 2 rings (SSSR count). The Labute approximate surface area is 123 Å². The summed E-state index contributed by atoms with van der Waals surface area (Å²) in [6.07, 6.45) is 1.36. The van der Waals surface area contributed by atoms with Crippen LogP contribution in [-0.4, -0.2) is 21.4 Å². The fraction of sp³-hybridized carbons (Fsp3) is 0.167. The summed E-state index contributed by atoms with van der Waals surface area (Å²) < 4.78 is 5.82. The maximum absolute atomic E-state index is 10.9. The number of nitrogens with zero attached hydrogens (tertiary/aromatic N) is 3. The predicted molar refractivity (Wildman–Crippen MR) is 77.1 cm³/mol. The molecule has 2 aromatic rings. The molecule has 0 bridgehead atoms. The van der Waals surface area contributed by atoms with Crippen molar-refractivity contribution in [1.82, 2.24) is 9.97 Å². The SMILES string of the molecule is CCNc1cc(Oc2cccc([N+](=O)[O-])c2Br)ncn1. The Morgan fingerprint density at radius 1 is 1.45 bits per heavy atom. The quantitative estimate of drug-likeness (QED) is 0.663. The molecule has 8 heteroatoms. The maximum Gasteiger partial charge on any atom is 0.287 e. The summed E-state index contributed by atoms with van der Waals surface area (Å²) in [4.78, 5) is 18.4. The number of aromatic nitrogens is 2. The van der Waals surface area contributed by atoms with Crippen LogP contribution in [0.1, 0.15) is 6.92 Å². The van der Waals surface area contributed by atoms with Crippen molar-refractivity contribution in [3.8, 4) is 11.6 Å². The number of halogens is 1. The highest BCUT2D eigenvalue weighted by atomic mass is 79.9. The zero-order valence-electron chi connectivity index (χ0n) is 10.5. The normalized spacial score (nSPS) is 10.1. The van der Waals surface area contributed by atoms with Crippen LogP contribution in [0, 0.1) is 10.1 Å². The van der Waals surface area contributed by atoms with Gasteiger partial charge in [0.25, 0.3) is 5.69 Å². The molecule has 0 fully saturated rings. The van der Waals surface area contributed by atoms with Crippen molar-refractivity contribution in [3.05, 3.63) is 45.2 Å². The first-order chi connectivity index (χ1) is 9.61. The van der Waals surface area contributed by atoms with Crippen LogP contribution in [0.2, 0.25) is 0 Å². The fourth-order valence-electron chi connectivity index (χ4n) is 1.50. The number of anilines is 1. The van der Waals surface area contributed by atoms with Gasteiger partial charge >= 0.3 is 0 Å². The largest absolute Gasteiger partial charge is 0.437 e. The van der Waals surface area contributed by atoms with E-state index in [0.29, 0.717) is 17.4 Å². The standard InChI is InChI=1S/C12H11BrN4O3/c1-2-14-10-6-11(16-7-15-10)20-9-5-3-4-8(12(9)13)17(18)19/h3-7H,2H2,1H3,(H,14,15,16). The van der Waals surface area contributed by atoms with Gasteiger partial charge in [0.2, 0.25) is 5.88 Å². The molecule has 0 aliphatic rings. The van der Waals surface area contributed by atoms with Crippen molar-refractivity contribution in [3.63, 3.8) is 0 Å². The summed E-state index contributed by atoms with van der Waals surface area (Å²) in [6, 6.07) is 6.17. The lowest BCUT2D eigenvalue weighted by Gasteiger charge is -2.08. The molecule has 1 N–H and O–H groups in total. The van der Waals surface area contributed by atoms with Gasteiger partial charge in [0, 0.05) is 18.7 Å². The number of nitro benzene ring substituents is 1. The molecule has 0 atom stereocenters. The third-order valence-electron chi connectivity index (χ3n) is 2.35. The maximum atomic E-state index is 10.9. The second kappa shape index (κ2) is 6.29. The average molecular weight is 339 g/mol. The Morgan fingerprint density at radius 2 is 2.25 bits per heavy atom. The van der Waals surface area contributed by atoms with Gasteiger partial charge in [-0.1, -0.05) is 6.07 Å². The minimum Gasteiger partial charge on any atom is -0.437 e. The lowest BCUT2D eigenvalue weighted by atomic mass is 10.3. The van der Waals surface area contributed by atoms with Crippen LogP contribution in [0.5, 0.6) is 11.6 Å². The number of rotatable bonds is 5. The molecule has 0 radical (unpaired) electrons. The number of hydrogen-bond donors (Lipinski definition) is 1. The van der Waals surface area contributed by atoms with Crippen LogP contribution in [0.25, 0.3) is 0 Å². The monoisotopic (exact) mass is 338 g/mol. The van der Waals surface area contributed by atoms with E-state index in [0.717, 1.165) is 6.54 Å². The number of ether oxygens (including phenoxy) is 1. The van der Waals surface area contributed by atoms with Crippen molar-refractivity contribution < 1.29 is 9.66 Å². The van der Waals surface area contributed by atoms with E-state index in [1.165, 1.54) is 12.4 Å². The highest BCUT2D eigenvalue weighted by Crippen LogP contribution is 2.36. The zero-order valence-corrected chi connectivity index (χ0v) is 12.1. The number of hydrogen-bond acceptors (Lipinski definition) is 6. The van der Waals surface area contributed by atoms with E-state index in [2.05, 4.69) is 31.2 Å². The second-order valence-electron chi connectivity index (χ2n) is 3.72. The highest BCUT2D eigenvalue weighted by Gasteiger charge is 2.16. The molecule has 0 saturated heterocycles. The van der Waals surface area contributed by atoms with Gasteiger partial charge in [-0.15, -0.1) is 0 Å². The third-order valence-corrected chi connectivity index (χ3v) is 3.15. The van der Waals surface area contributed by atoms with E-state index >= 15 is 0 Å². The molecular formula is C12H11BrN4O3. The summed E-state index contributed by atoms with van der Waals surface area (Å²) in [5.41, 5.74) is -0.0662. The van der Waals surface area contributed by atoms with Gasteiger partial charge in [0.1, 0.15) is 16.6 Å². The van der Waals surface area contributed by atoms with Crippen LogP contribution >= 0.6 is 15.9 Å². The molecule has 7 nitrogen and oxygen atoms in total. The zero-order chi connectivity index (χ0) is 14.5. The molecule has 0 unspecified atom stereocenters. The first kappa shape index (κ1) is 14.2. The smallest absolute Gasteiger partial charge is 0.287 e. The molecule has 0 aliphatic carbocycles. The van der Waals surface area contributed by atoms with Crippen molar-refractivity contribution in [2.75, 3.05) is 11.9 Å². The second-order valence-corrected chi connectivity index (χ2v) is 4.51. The number of nitro groups is 1. The van der Waals surface area contributed by atoms with E-state index in [1.54, 1.807) is 18.2 Å². The first-order valence-electron chi connectivity index (χ1n) is 5.78. The van der Waals surface area contributed by atoms with Gasteiger partial charge in [0.05, 0.1) is 4.92 Å². The minimum atomic E-state index is -0.485. The molecule has 0 aliphatic heterocycles. The fourth-order valence-corrected chi connectivity index (χ4v) is 1.99. The minimum absolute atomic E-state index is 0.0662. The van der Waals surface area contributed by atoms with Gasteiger partial charge in [-0.05, 0) is 28.9 Å². The third kappa shape index (κ3) is 3.21. The van der Waals surface area contributed by atoms with Crippen LogP contribution in [-0.2, 0) is 0 Å². The lowest BCUT2D eigenvalue weighted by Crippen LogP contribution is -2.00. The van der Waals surface area contributed by atoms with E-state index in [4.69, 9.17) is 4.74 Å². The Balaban J connectivity index is 2.28. The molecule has 1 aromatic heterocycles. The summed E-state index contributed by atoms with van der Waals surface area (Å²) in [6.45, 7) is 2.66. The van der Waals surface area contributed by atoms with Crippen molar-refractivity contribution >= 4 is 27.4 Å². The molecular weight excluding hydrogens is 328 g/mol. The Morgan fingerprint density at radius 3 is 2.95 bits per heavy atom. The Bertz CT molecular complexity index is 636. The lowest BCUT2D eigenvalue weighted by molar-refractivity contribution is -0.385. The Kier molecular flexibility index (Phi) is 4.46. The topological polar surface area (TPSA) is 90.2 Å². The molecule has 1 heterocycles. The molecule has 0 spiro atoms. The number of nitrogens with one attached hydrogen (secondary N) is 1. The van der Waals surface area contributed by atoms with E-state index in [-0.39, 0.29) is 10.2 Å². The van der Waals surface area contributed by atoms with Crippen molar-refractivity contribution in [2.45, 2.75) is 6.92 Å². The molecule has 104 valence electrons. The average Bonchev–Trinajstić information content (AvgIpc) is 2.42. The van der Waals surface area contributed by atoms with E-state index < -0.39 is 4.92 Å². The number of benzene rings is 1. The predicted octanol–water partition coefficient (Wildman–Crippen LogP) is 3.37. The van der Waals surface area contributed by atoms with Gasteiger partial charge in [-0.3, -0.25) is 10.1 Å². The Hall–Kier alpha value is -2.22. The highest BCUT2D eigenvalue weighted by molar-refractivity contribution is 9.10. The van der Waals surface area contributed by atoms with Crippen LogP contribution in [0.15, 0.2) is 35.1 Å².